The summed E-state index contributed by atoms with van der Waals surface area (Å²) >= 11 is 3.05. The summed E-state index contributed by atoms with van der Waals surface area (Å²) in [6, 6.07) is 9.70. The molecule has 2 heterocycles. The van der Waals surface area contributed by atoms with Crippen LogP contribution in [0.1, 0.15) is 40.9 Å². The van der Waals surface area contributed by atoms with E-state index < -0.39 is 17.2 Å². The van der Waals surface area contributed by atoms with Crippen molar-refractivity contribution >= 4 is 39.0 Å². The maximum absolute atomic E-state index is 13.3. The number of nitrogens with one attached hydrogen (secondary N) is 3. The molecule has 0 unspecified atom stereocenters. The quantitative estimate of drug-likeness (QED) is 0.345. The number of hydrogen-bond donors (Lipinski definition) is 3. The smallest absolute Gasteiger partial charge is 0.354 e. The highest BCUT2D eigenvalue weighted by Crippen LogP contribution is 2.49. The summed E-state index contributed by atoms with van der Waals surface area (Å²) in [7, 11) is 0. The van der Waals surface area contributed by atoms with Gasteiger partial charge in [0.05, 0.1) is 40.8 Å². The van der Waals surface area contributed by atoms with Crippen LogP contribution in [0.5, 0.6) is 0 Å². The molecule has 1 amide bonds. The number of rotatable bonds is 8. The summed E-state index contributed by atoms with van der Waals surface area (Å²) in [4.78, 5) is 43.3. The largest absolute Gasteiger partial charge is 0.418 e. The Morgan fingerprint density at radius 2 is 1.89 bits per heavy atom. The average molecular weight is 549 g/mol. The van der Waals surface area contributed by atoms with Gasteiger partial charge in [-0.05, 0) is 49.2 Å². The molecule has 7 nitrogen and oxygen atoms in total. The first-order valence-electron chi connectivity index (χ1n) is 10.6. The lowest BCUT2D eigenvalue weighted by Crippen LogP contribution is -2.33. The molecule has 11 heteroatoms. The zero-order valence-corrected chi connectivity index (χ0v) is 19.8. The van der Waals surface area contributed by atoms with Crippen LogP contribution in [-0.4, -0.2) is 21.7 Å². The van der Waals surface area contributed by atoms with E-state index in [1.165, 1.54) is 36.7 Å². The van der Waals surface area contributed by atoms with Crippen LogP contribution >= 0.6 is 15.9 Å². The van der Waals surface area contributed by atoms with Crippen molar-refractivity contribution in [3.05, 3.63) is 86.5 Å². The van der Waals surface area contributed by atoms with Gasteiger partial charge in [-0.2, -0.15) is 13.2 Å². The number of amides is 1. The summed E-state index contributed by atoms with van der Waals surface area (Å²) in [6.07, 6.45) is -0.613. The highest BCUT2D eigenvalue weighted by atomic mass is 79.9. The lowest BCUT2D eigenvalue weighted by atomic mass is 9.95. The zero-order chi connectivity index (χ0) is 25.2. The van der Waals surface area contributed by atoms with Crippen LogP contribution in [0.3, 0.4) is 0 Å². The van der Waals surface area contributed by atoms with Gasteiger partial charge in [0.25, 0.3) is 0 Å². The number of anilines is 2. The molecule has 4 rings (SSSR count). The molecule has 0 saturated heterocycles. The Morgan fingerprint density at radius 3 is 2.51 bits per heavy atom. The van der Waals surface area contributed by atoms with E-state index in [-0.39, 0.29) is 41.5 Å². The van der Waals surface area contributed by atoms with E-state index in [1.54, 1.807) is 12.1 Å². The number of H-pyrrole nitrogens is 1. The van der Waals surface area contributed by atoms with Gasteiger partial charge < -0.3 is 15.6 Å². The number of Topliss-reactive ketones (excluding diaryl/α,β-unsaturated/α-hetero) is 1. The molecule has 0 aliphatic heterocycles. The van der Waals surface area contributed by atoms with Gasteiger partial charge in [-0.3, -0.25) is 19.4 Å². The topological polar surface area (TPSA) is 104 Å². The number of carbonyl (C=O) groups excluding carboxylic acids is 2. The molecule has 1 aliphatic rings. The first-order chi connectivity index (χ1) is 16.6. The number of pyridine rings is 2. The van der Waals surface area contributed by atoms with Crippen molar-refractivity contribution in [3.63, 3.8) is 0 Å². The van der Waals surface area contributed by atoms with Crippen molar-refractivity contribution in [2.24, 2.45) is 5.41 Å². The number of alkyl halides is 3. The minimum absolute atomic E-state index is 0.00724. The summed E-state index contributed by atoms with van der Waals surface area (Å²) in [5.41, 5.74) is -0.975. The maximum atomic E-state index is 13.3. The second-order valence-electron chi connectivity index (χ2n) is 8.36. The molecule has 3 N–H and O–H groups in total. The summed E-state index contributed by atoms with van der Waals surface area (Å²) < 4.78 is 40.3. The minimum Gasteiger partial charge on any atom is -0.354 e. The summed E-state index contributed by atoms with van der Waals surface area (Å²) in [6.45, 7) is 0.103. The van der Waals surface area contributed by atoms with Gasteiger partial charge in [-0.25, -0.2) is 0 Å². The molecule has 182 valence electrons. The maximum Gasteiger partial charge on any atom is 0.418 e. The number of ketones is 1. The molecule has 1 fully saturated rings. The molecular formula is C24H20BrF3N4O3. The molecule has 1 aromatic carbocycles. The predicted octanol–water partition coefficient (Wildman–Crippen LogP) is 4.96. The lowest BCUT2D eigenvalue weighted by Gasteiger charge is -2.16. The fourth-order valence-electron chi connectivity index (χ4n) is 3.64. The number of aromatic nitrogens is 2. The van der Waals surface area contributed by atoms with Crippen LogP contribution in [0.2, 0.25) is 0 Å². The molecule has 2 aromatic heterocycles. The molecule has 0 radical (unpaired) electrons. The van der Waals surface area contributed by atoms with Crippen molar-refractivity contribution in [1.29, 1.82) is 0 Å². The number of carbonyl (C=O) groups is 2. The second kappa shape index (κ2) is 9.65. The molecule has 35 heavy (non-hydrogen) atoms. The normalized spacial score (nSPS) is 14.3. The third-order valence-corrected chi connectivity index (χ3v) is 6.25. The van der Waals surface area contributed by atoms with Crippen LogP contribution < -0.4 is 16.2 Å². The van der Waals surface area contributed by atoms with Gasteiger partial charge in [0.1, 0.15) is 0 Å². The number of hydrogen-bond acceptors (Lipinski definition) is 5. The standard InChI is InChI=1S/C24H20BrF3N4O3/c25-15-1-4-19(18(10-15)24(26,27)28)32-17-3-2-16(30-13-17)12-31-22(35)23(6-7-23)11-20(33)14-5-8-29-21(34)9-14/h1-5,8-10,13,32H,6-7,11-12H2,(H,29,34)(H,31,35). The first-order valence-corrected chi connectivity index (χ1v) is 11.4. The Kier molecular flexibility index (Phi) is 6.79. The molecule has 0 bridgehead atoms. The van der Waals surface area contributed by atoms with E-state index in [2.05, 4.69) is 36.5 Å². The number of halogens is 4. The Bertz CT molecular complexity index is 1320. The van der Waals surface area contributed by atoms with Gasteiger partial charge >= 0.3 is 6.18 Å². The van der Waals surface area contributed by atoms with E-state index in [0.29, 0.717) is 28.7 Å². The van der Waals surface area contributed by atoms with Gasteiger partial charge in [0.15, 0.2) is 5.78 Å². The fourth-order valence-corrected chi connectivity index (χ4v) is 4.00. The Hall–Kier alpha value is -3.47. The van der Waals surface area contributed by atoms with Crippen molar-refractivity contribution in [1.82, 2.24) is 15.3 Å². The highest BCUT2D eigenvalue weighted by Gasteiger charge is 2.51. The van der Waals surface area contributed by atoms with Crippen molar-refractivity contribution < 1.29 is 22.8 Å². The molecular weight excluding hydrogens is 529 g/mol. The Balaban J connectivity index is 1.35. The van der Waals surface area contributed by atoms with E-state index >= 15 is 0 Å². The van der Waals surface area contributed by atoms with Crippen molar-refractivity contribution in [2.75, 3.05) is 5.32 Å². The number of benzene rings is 1. The van der Waals surface area contributed by atoms with Crippen LogP contribution in [0, 0.1) is 5.41 Å². The first kappa shape index (κ1) is 24.6. The van der Waals surface area contributed by atoms with Gasteiger partial charge in [-0.1, -0.05) is 15.9 Å². The third-order valence-electron chi connectivity index (χ3n) is 5.75. The van der Waals surface area contributed by atoms with E-state index in [1.807, 2.05) is 0 Å². The summed E-state index contributed by atoms with van der Waals surface area (Å²) in [5.74, 6) is -0.548. The van der Waals surface area contributed by atoms with Crippen LogP contribution in [0.4, 0.5) is 24.5 Å². The van der Waals surface area contributed by atoms with Crippen LogP contribution in [0.15, 0.2) is 64.1 Å². The molecule has 0 spiro atoms. The highest BCUT2D eigenvalue weighted by molar-refractivity contribution is 9.10. The lowest BCUT2D eigenvalue weighted by molar-refractivity contribution is -0.137. The monoisotopic (exact) mass is 548 g/mol. The average Bonchev–Trinajstić information content (AvgIpc) is 3.59. The molecule has 0 atom stereocenters. The Morgan fingerprint density at radius 1 is 1.11 bits per heavy atom. The zero-order valence-electron chi connectivity index (χ0n) is 18.2. The molecule has 1 aliphatic carbocycles. The number of nitrogens with zero attached hydrogens (tertiary/aromatic N) is 1. The minimum atomic E-state index is -4.53. The Labute approximate surface area is 206 Å². The molecule has 3 aromatic rings. The van der Waals surface area contributed by atoms with E-state index in [4.69, 9.17) is 0 Å². The van der Waals surface area contributed by atoms with Crippen molar-refractivity contribution in [2.45, 2.75) is 32.0 Å². The second-order valence-corrected chi connectivity index (χ2v) is 9.27. The third kappa shape index (κ3) is 5.97. The fraction of sp³-hybridized carbons (Fsp3) is 0.250. The predicted molar refractivity (Wildman–Crippen MR) is 126 cm³/mol. The van der Waals surface area contributed by atoms with Gasteiger partial charge in [-0.15, -0.1) is 0 Å². The SMILES string of the molecule is O=C(CC1(C(=O)NCc2ccc(Nc3ccc(Br)cc3C(F)(F)F)cn2)CC1)c1cc[nH]c(=O)c1. The summed E-state index contributed by atoms with van der Waals surface area (Å²) in [5, 5.41) is 5.50. The van der Waals surface area contributed by atoms with E-state index in [0.717, 1.165) is 6.07 Å². The molecule has 1 saturated carbocycles. The van der Waals surface area contributed by atoms with Gasteiger partial charge in [0.2, 0.25) is 11.5 Å². The van der Waals surface area contributed by atoms with Crippen LogP contribution in [-0.2, 0) is 17.5 Å². The van der Waals surface area contributed by atoms with E-state index in [9.17, 15) is 27.6 Å². The van der Waals surface area contributed by atoms with Crippen LogP contribution in [0.25, 0.3) is 0 Å². The van der Waals surface area contributed by atoms with Crippen molar-refractivity contribution in [3.8, 4) is 0 Å². The number of aromatic amines is 1. The van der Waals surface area contributed by atoms with Gasteiger partial charge in [0, 0.05) is 28.7 Å².